The normalized spacial score (nSPS) is 10.5. The SMILES string of the molecule is Cc1cc(C(=O)O)cc(C(=O)NCCCc2cnn(C)c2)c1. The zero-order valence-corrected chi connectivity index (χ0v) is 12.7. The van der Waals surface area contributed by atoms with E-state index < -0.39 is 5.97 Å². The van der Waals surface area contributed by atoms with E-state index in [4.69, 9.17) is 5.11 Å². The summed E-state index contributed by atoms with van der Waals surface area (Å²) in [5.41, 5.74) is 2.38. The molecule has 2 aromatic rings. The maximum absolute atomic E-state index is 12.1. The van der Waals surface area contributed by atoms with Gasteiger partial charge in [-0.05, 0) is 49.1 Å². The molecule has 0 bridgehead atoms. The van der Waals surface area contributed by atoms with Gasteiger partial charge in [-0.1, -0.05) is 0 Å². The number of rotatable bonds is 6. The van der Waals surface area contributed by atoms with Crippen molar-refractivity contribution in [1.29, 1.82) is 0 Å². The molecule has 1 aromatic carbocycles. The number of nitrogens with one attached hydrogen (secondary N) is 1. The molecule has 1 aromatic heterocycles. The summed E-state index contributed by atoms with van der Waals surface area (Å²) in [6.07, 6.45) is 5.39. The number of carboxylic acid groups (broad SMARTS) is 1. The molecule has 0 atom stereocenters. The van der Waals surface area contributed by atoms with Crippen LogP contribution in [0.25, 0.3) is 0 Å². The Bertz CT molecular complexity index is 692. The highest BCUT2D eigenvalue weighted by molar-refractivity contribution is 5.97. The molecule has 2 rings (SSSR count). The van der Waals surface area contributed by atoms with Crippen LogP contribution in [-0.2, 0) is 13.5 Å². The number of aryl methyl sites for hydroxylation is 3. The number of carbonyl (C=O) groups excluding carboxylic acids is 1. The van der Waals surface area contributed by atoms with Crippen LogP contribution in [0.15, 0.2) is 30.6 Å². The predicted octanol–water partition coefficient (Wildman–Crippen LogP) is 1.79. The van der Waals surface area contributed by atoms with Gasteiger partial charge in [0.25, 0.3) is 5.91 Å². The summed E-state index contributed by atoms with van der Waals surface area (Å²) in [6, 6.07) is 4.62. The number of nitrogens with zero attached hydrogens (tertiary/aromatic N) is 2. The highest BCUT2D eigenvalue weighted by atomic mass is 16.4. The Morgan fingerprint density at radius 2 is 2.00 bits per heavy atom. The lowest BCUT2D eigenvalue weighted by atomic mass is 10.1. The summed E-state index contributed by atoms with van der Waals surface area (Å²) in [5.74, 6) is -1.29. The fourth-order valence-corrected chi connectivity index (χ4v) is 2.24. The molecule has 1 heterocycles. The van der Waals surface area contributed by atoms with Gasteiger partial charge in [0.15, 0.2) is 0 Å². The third kappa shape index (κ3) is 4.18. The Kier molecular flexibility index (Phi) is 4.93. The summed E-state index contributed by atoms with van der Waals surface area (Å²) in [6.45, 7) is 2.30. The molecule has 116 valence electrons. The number of aromatic nitrogens is 2. The summed E-state index contributed by atoms with van der Waals surface area (Å²) in [4.78, 5) is 23.1. The first-order chi connectivity index (χ1) is 10.5. The second-order valence-electron chi connectivity index (χ2n) is 5.27. The van der Waals surface area contributed by atoms with Gasteiger partial charge >= 0.3 is 5.97 Å². The van der Waals surface area contributed by atoms with Crippen LogP contribution in [0.1, 0.15) is 38.3 Å². The first-order valence-electron chi connectivity index (χ1n) is 7.06. The van der Waals surface area contributed by atoms with Gasteiger partial charge in [0.1, 0.15) is 0 Å². The predicted molar refractivity (Wildman–Crippen MR) is 82.0 cm³/mol. The second kappa shape index (κ2) is 6.89. The molecule has 0 aliphatic heterocycles. The van der Waals surface area contributed by atoms with E-state index in [1.54, 1.807) is 23.7 Å². The number of carboxylic acids is 1. The fourth-order valence-electron chi connectivity index (χ4n) is 2.24. The molecule has 2 N–H and O–H groups in total. The Morgan fingerprint density at radius 1 is 1.27 bits per heavy atom. The van der Waals surface area contributed by atoms with Crippen molar-refractivity contribution < 1.29 is 14.7 Å². The molecule has 0 aliphatic rings. The summed E-state index contributed by atoms with van der Waals surface area (Å²) in [5, 5.41) is 15.9. The van der Waals surface area contributed by atoms with Crippen LogP contribution in [0, 0.1) is 6.92 Å². The molecule has 0 aliphatic carbocycles. The lowest BCUT2D eigenvalue weighted by Crippen LogP contribution is -2.25. The van der Waals surface area contributed by atoms with Crippen LogP contribution in [0.5, 0.6) is 0 Å². The molecule has 22 heavy (non-hydrogen) atoms. The Morgan fingerprint density at radius 3 is 2.64 bits per heavy atom. The van der Waals surface area contributed by atoms with E-state index in [0.717, 1.165) is 24.0 Å². The molecule has 6 nitrogen and oxygen atoms in total. The van der Waals surface area contributed by atoms with Gasteiger partial charge in [0.2, 0.25) is 0 Å². The minimum atomic E-state index is -1.03. The van der Waals surface area contributed by atoms with Gasteiger partial charge in [0.05, 0.1) is 11.8 Å². The van der Waals surface area contributed by atoms with Crippen LogP contribution in [0.3, 0.4) is 0 Å². The smallest absolute Gasteiger partial charge is 0.335 e. The first-order valence-corrected chi connectivity index (χ1v) is 7.06. The zero-order chi connectivity index (χ0) is 16.1. The topological polar surface area (TPSA) is 84.2 Å². The van der Waals surface area contributed by atoms with Crippen LogP contribution in [0.4, 0.5) is 0 Å². The Labute approximate surface area is 128 Å². The van der Waals surface area contributed by atoms with Crippen molar-refractivity contribution >= 4 is 11.9 Å². The number of carbonyl (C=O) groups is 2. The number of hydrogen-bond acceptors (Lipinski definition) is 3. The van der Waals surface area contributed by atoms with Crippen molar-refractivity contribution in [1.82, 2.24) is 15.1 Å². The second-order valence-corrected chi connectivity index (χ2v) is 5.27. The van der Waals surface area contributed by atoms with Crippen molar-refractivity contribution in [3.8, 4) is 0 Å². The standard InChI is InChI=1S/C16H19N3O3/c1-11-6-13(8-14(7-11)16(21)22)15(20)17-5-3-4-12-9-18-19(2)10-12/h6-10H,3-5H2,1-2H3,(H,17,20)(H,21,22). The molecule has 1 amide bonds. The fraction of sp³-hybridized carbons (Fsp3) is 0.312. The molecule has 0 spiro atoms. The van der Waals surface area contributed by atoms with E-state index in [9.17, 15) is 9.59 Å². The van der Waals surface area contributed by atoms with E-state index in [1.165, 1.54) is 6.07 Å². The Balaban J connectivity index is 1.88. The van der Waals surface area contributed by atoms with Crippen molar-refractivity contribution in [2.75, 3.05) is 6.54 Å². The minimum Gasteiger partial charge on any atom is -0.478 e. The summed E-state index contributed by atoms with van der Waals surface area (Å²) < 4.78 is 1.74. The maximum atomic E-state index is 12.1. The summed E-state index contributed by atoms with van der Waals surface area (Å²) in [7, 11) is 1.86. The largest absolute Gasteiger partial charge is 0.478 e. The van der Waals surface area contributed by atoms with E-state index >= 15 is 0 Å². The number of hydrogen-bond donors (Lipinski definition) is 2. The van der Waals surface area contributed by atoms with E-state index in [0.29, 0.717) is 12.1 Å². The van der Waals surface area contributed by atoms with Crippen LogP contribution >= 0.6 is 0 Å². The maximum Gasteiger partial charge on any atom is 0.335 e. The molecule has 0 radical (unpaired) electrons. The number of amides is 1. The van der Waals surface area contributed by atoms with E-state index in [2.05, 4.69) is 10.4 Å². The van der Waals surface area contributed by atoms with Gasteiger partial charge in [0, 0.05) is 25.4 Å². The van der Waals surface area contributed by atoms with Crippen molar-refractivity contribution in [3.05, 3.63) is 52.8 Å². The van der Waals surface area contributed by atoms with Gasteiger partial charge in [-0.15, -0.1) is 0 Å². The number of benzene rings is 1. The van der Waals surface area contributed by atoms with Gasteiger partial charge < -0.3 is 10.4 Å². The monoisotopic (exact) mass is 301 g/mol. The average Bonchev–Trinajstić information content (AvgIpc) is 2.88. The average molecular weight is 301 g/mol. The quantitative estimate of drug-likeness (QED) is 0.797. The molecular formula is C16H19N3O3. The lowest BCUT2D eigenvalue weighted by Gasteiger charge is -2.07. The van der Waals surface area contributed by atoms with Crippen molar-refractivity contribution in [2.24, 2.45) is 7.05 Å². The molecule has 0 saturated heterocycles. The third-order valence-electron chi connectivity index (χ3n) is 3.27. The molecule has 0 fully saturated rings. The number of aromatic carboxylic acids is 1. The van der Waals surface area contributed by atoms with Gasteiger partial charge in [-0.3, -0.25) is 9.48 Å². The molecule has 0 saturated carbocycles. The van der Waals surface area contributed by atoms with Gasteiger partial charge in [-0.2, -0.15) is 5.10 Å². The first kappa shape index (κ1) is 15.8. The van der Waals surface area contributed by atoms with Crippen molar-refractivity contribution in [2.45, 2.75) is 19.8 Å². The van der Waals surface area contributed by atoms with Crippen molar-refractivity contribution in [3.63, 3.8) is 0 Å². The molecule has 6 heteroatoms. The van der Waals surface area contributed by atoms with Crippen LogP contribution in [0.2, 0.25) is 0 Å². The molecular weight excluding hydrogens is 282 g/mol. The summed E-state index contributed by atoms with van der Waals surface area (Å²) >= 11 is 0. The van der Waals surface area contributed by atoms with E-state index in [1.807, 2.05) is 19.4 Å². The Hall–Kier alpha value is -2.63. The van der Waals surface area contributed by atoms with Crippen LogP contribution < -0.4 is 5.32 Å². The highest BCUT2D eigenvalue weighted by Gasteiger charge is 2.10. The lowest BCUT2D eigenvalue weighted by molar-refractivity contribution is 0.0696. The highest BCUT2D eigenvalue weighted by Crippen LogP contribution is 2.10. The van der Waals surface area contributed by atoms with Gasteiger partial charge in [-0.25, -0.2) is 4.79 Å². The zero-order valence-electron chi connectivity index (χ0n) is 12.7. The van der Waals surface area contributed by atoms with E-state index in [-0.39, 0.29) is 11.5 Å². The minimum absolute atomic E-state index is 0.125. The third-order valence-corrected chi connectivity index (χ3v) is 3.27. The van der Waals surface area contributed by atoms with Crippen LogP contribution in [-0.4, -0.2) is 33.3 Å². The molecule has 0 unspecified atom stereocenters.